The third-order valence-electron chi connectivity index (χ3n) is 8.15. The van der Waals surface area contributed by atoms with Crippen LogP contribution in [0.15, 0.2) is 0 Å². The van der Waals surface area contributed by atoms with Crippen molar-refractivity contribution in [2.24, 2.45) is 0 Å². The summed E-state index contributed by atoms with van der Waals surface area (Å²) >= 11 is 0. The molecule has 0 aromatic carbocycles. The topological polar surface area (TPSA) is 307 Å². The molecule has 1 atom stereocenters. The monoisotopic (exact) mass is 879 g/mol. The van der Waals surface area contributed by atoms with Crippen LogP contribution in [-0.4, -0.2) is 251 Å². The van der Waals surface area contributed by atoms with Crippen LogP contribution >= 0.6 is 0 Å². The second-order valence-electron chi connectivity index (χ2n) is 12.9. The first-order chi connectivity index (χ1) is 28.3. The molecule has 1 aliphatic heterocycles. The van der Waals surface area contributed by atoms with E-state index < -0.39 is 42.1 Å². The lowest BCUT2D eigenvalue weighted by Gasteiger charge is -2.35. The fourth-order valence-corrected chi connectivity index (χ4v) is 5.24. The molecule has 23 nitrogen and oxygen atoms in total. The van der Waals surface area contributed by atoms with Gasteiger partial charge in [0.25, 0.3) is 0 Å². The molecule has 2 amide bonds. The number of carbonyl (C=O) groups excluding carboxylic acids is 2. The van der Waals surface area contributed by atoms with Crippen LogP contribution < -0.4 is 16.0 Å². The van der Waals surface area contributed by atoms with Gasteiger partial charge in [0.1, 0.15) is 6.04 Å². The van der Waals surface area contributed by atoms with E-state index in [0.717, 1.165) is 0 Å². The largest absolute Gasteiger partial charge is 0.490 e. The van der Waals surface area contributed by atoms with E-state index in [1.807, 2.05) is 0 Å². The van der Waals surface area contributed by atoms with Crippen LogP contribution in [0.2, 0.25) is 0 Å². The van der Waals surface area contributed by atoms with Crippen molar-refractivity contribution in [3.8, 4) is 0 Å². The number of halogens is 3. The van der Waals surface area contributed by atoms with E-state index in [9.17, 15) is 62.4 Å². The quantitative estimate of drug-likeness (QED) is 0.0360. The van der Waals surface area contributed by atoms with Crippen molar-refractivity contribution in [1.82, 2.24) is 35.6 Å². The van der Waals surface area contributed by atoms with E-state index in [1.54, 1.807) is 26.6 Å². The van der Waals surface area contributed by atoms with Gasteiger partial charge in [0.05, 0.1) is 79.0 Å². The number of nitrogens with zero attached hydrogens (tertiary/aromatic N) is 4. The maximum Gasteiger partial charge on any atom is 0.490 e. The van der Waals surface area contributed by atoms with Gasteiger partial charge in [0.2, 0.25) is 11.8 Å². The van der Waals surface area contributed by atoms with Crippen LogP contribution in [0.25, 0.3) is 0 Å². The standard InChI is InChI=1S/C32H59N7O14.C2HF3O2/c1-33-22-28(41)35-5-15-51-17-19-53-21-20-52-18-16-50-14-4-34-27(40)3-2-26(32(48)49)39-12-10-37(24-30(44)45)8-6-36(23-29(42)43)7-9-38(11-13-39)25-31(46)47;3-2(4,5)1(6)7/h26,33H,2-25H2,1H3,(H,34,40)(H,35,41)(H,42,43)(H,44,45)(H,46,47)(H,48,49);(H,6,7). The molecule has 0 aliphatic carbocycles. The highest BCUT2D eigenvalue weighted by atomic mass is 19.4. The lowest BCUT2D eigenvalue weighted by atomic mass is 10.1. The fourth-order valence-electron chi connectivity index (χ4n) is 5.24. The molecule has 8 N–H and O–H groups in total. The van der Waals surface area contributed by atoms with Crippen molar-refractivity contribution >= 4 is 41.7 Å². The van der Waals surface area contributed by atoms with Gasteiger partial charge in [0.15, 0.2) is 0 Å². The molecule has 1 saturated heterocycles. The number of aliphatic carboxylic acids is 5. The number of hydrogen-bond donors (Lipinski definition) is 8. The third-order valence-corrected chi connectivity index (χ3v) is 8.15. The molecule has 1 fully saturated rings. The molecule has 26 heteroatoms. The number of nitrogens with one attached hydrogen (secondary N) is 3. The van der Waals surface area contributed by atoms with Crippen LogP contribution in [0.3, 0.4) is 0 Å². The predicted molar refractivity (Wildman–Crippen MR) is 201 cm³/mol. The van der Waals surface area contributed by atoms with Gasteiger partial charge < -0.3 is 60.4 Å². The average molecular weight is 880 g/mol. The van der Waals surface area contributed by atoms with Gasteiger partial charge in [-0.3, -0.25) is 48.4 Å². The Morgan fingerprint density at radius 1 is 0.567 bits per heavy atom. The Hall–Kier alpha value is -4.28. The molecule has 1 heterocycles. The molecule has 0 aromatic rings. The van der Waals surface area contributed by atoms with E-state index in [0.29, 0.717) is 52.8 Å². The molecule has 1 unspecified atom stereocenters. The molecular weight excluding hydrogens is 819 g/mol. The maximum absolute atomic E-state index is 12.6. The van der Waals surface area contributed by atoms with Crippen molar-refractivity contribution in [1.29, 1.82) is 0 Å². The van der Waals surface area contributed by atoms with Gasteiger partial charge in [-0.2, -0.15) is 13.2 Å². The minimum Gasteiger partial charge on any atom is -0.480 e. The van der Waals surface area contributed by atoms with Crippen LogP contribution in [0.4, 0.5) is 13.2 Å². The number of carboxylic acids is 5. The minimum absolute atomic E-state index is 0.0382. The van der Waals surface area contributed by atoms with Gasteiger partial charge in [-0.25, -0.2) is 4.79 Å². The average Bonchev–Trinajstić information content (AvgIpc) is 3.14. The summed E-state index contributed by atoms with van der Waals surface area (Å²) in [6.07, 6.45) is -5.22. The Bertz CT molecular complexity index is 1260. The summed E-state index contributed by atoms with van der Waals surface area (Å²) in [6, 6.07) is -1.10. The number of carboxylic acid groups (broad SMARTS) is 5. The van der Waals surface area contributed by atoms with Gasteiger partial charge in [0, 0.05) is 71.9 Å². The first kappa shape index (κ1) is 55.7. The Morgan fingerprint density at radius 3 is 1.22 bits per heavy atom. The fraction of sp³-hybridized carbons (Fsp3) is 0.794. The molecule has 0 spiro atoms. The van der Waals surface area contributed by atoms with Crippen molar-refractivity contribution in [3.63, 3.8) is 0 Å². The molecule has 0 radical (unpaired) electrons. The Morgan fingerprint density at radius 2 is 0.900 bits per heavy atom. The summed E-state index contributed by atoms with van der Waals surface area (Å²) in [5.41, 5.74) is 0. The second-order valence-corrected chi connectivity index (χ2v) is 12.9. The number of likely N-dealkylation sites (N-methyl/N-ethyl adjacent to an activating group) is 1. The summed E-state index contributed by atoms with van der Waals surface area (Å²) in [7, 11) is 1.69. The molecular formula is C34H60F3N7O16. The Labute approximate surface area is 345 Å². The summed E-state index contributed by atoms with van der Waals surface area (Å²) in [4.78, 5) is 86.0. The Balaban J connectivity index is 0.00000453. The first-order valence-corrected chi connectivity index (χ1v) is 18.9. The van der Waals surface area contributed by atoms with E-state index in [-0.39, 0.29) is 116 Å². The summed E-state index contributed by atoms with van der Waals surface area (Å²) in [5, 5.41) is 53.5. The highest BCUT2D eigenvalue weighted by Crippen LogP contribution is 2.13. The first-order valence-electron chi connectivity index (χ1n) is 18.9. The van der Waals surface area contributed by atoms with Gasteiger partial charge in [-0.15, -0.1) is 0 Å². The van der Waals surface area contributed by atoms with E-state index >= 15 is 0 Å². The zero-order valence-corrected chi connectivity index (χ0v) is 33.7. The van der Waals surface area contributed by atoms with Gasteiger partial charge in [-0.05, 0) is 13.5 Å². The zero-order chi connectivity index (χ0) is 45.3. The minimum atomic E-state index is -5.08. The lowest BCUT2D eigenvalue weighted by Crippen LogP contribution is -2.52. The van der Waals surface area contributed by atoms with Gasteiger partial charge in [-0.1, -0.05) is 0 Å². The van der Waals surface area contributed by atoms with Crippen molar-refractivity contribution in [2.45, 2.75) is 25.1 Å². The van der Waals surface area contributed by atoms with Crippen molar-refractivity contribution < 1.29 is 91.2 Å². The molecule has 1 aliphatic rings. The molecule has 348 valence electrons. The summed E-state index contributed by atoms with van der Waals surface area (Å²) in [5.74, 6) is -7.64. The summed E-state index contributed by atoms with van der Waals surface area (Å²) in [6.45, 7) is 4.08. The highest BCUT2D eigenvalue weighted by Gasteiger charge is 2.38. The van der Waals surface area contributed by atoms with Crippen molar-refractivity contribution in [2.75, 3.05) is 152 Å². The number of alkyl halides is 3. The van der Waals surface area contributed by atoms with E-state index in [4.69, 9.17) is 28.8 Å². The smallest absolute Gasteiger partial charge is 0.480 e. The van der Waals surface area contributed by atoms with Crippen LogP contribution in [0.5, 0.6) is 0 Å². The lowest BCUT2D eigenvalue weighted by molar-refractivity contribution is -0.192. The number of rotatable bonds is 28. The number of amides is 2. The van der Waals surface area contributed by atoms with Crippen LogP contribution in [0.1, 0.15) is 12.8 Å². The summed E-state index contributed by atoms with van der Waals surface area (Å²) < 4.78 is 53.4. The SMILES string of the molecule is CNCC(=O)NCCOCCOCCOCCOCCNC(=O)CCC(C(=O)O)N1CCN(CC(=O)O)CCN(CC(=O)O)CCN(CC(=O)O)CC1.O=C(O)C(F)(F)F. The molecule has 1 rings (SSSR count). The van der Waals surface area contributed by atoms with Crippen molar-refractivity contribution in [3.05, 3.63) is 0 Å². The van der Waals surface area contributed by atoms with Crippen LogP contribution in [0, 0.1) is 0 Å². The maximum atomic E-state index is 12.6. The third kappa shape index (κ3) is 31.6. The van der Waals surface area contributed by atoms with Gasteiger partial charge >= 0.3 is 36.0 Å². The van der Waals surface area contributed by atoms with E-state index in [2.05, 4.69) is 16.0 Å². The zero-order valence-electron chi connectivity index (χ0n) is 33.7. The highest BCUT2D eigenvalue weighted by molar-refractivity contribution is 5.78. The molecule has 0 saturated carbocycles. The number of hydrogen-bond acceptors (Lipinski definition) is 16. The Kier molecular flexibility index (Phi) is 31.1. The molecule has 0 aromatic heterocycles. The van der Waals surface area contributed by atoms with Crippen LogP contribution in [-0.2, 0) is 52.5 Å². The molecule has 0 bridgehead atoms. The van der Waals surface area contributed by atoms with E-state index in [1.165, 1.54) is 0 Å². The molecule has 60 heavy (non-hydrogen) atoms. The predicted octanol–water partition coefficient (Wildman–Crippen LogP) is -3.15. The number of ether oxygens (including phenoxy) is 4. The second kappa shape index (κ2) is 33.4. The normalized spacial score (nSPS) is 15.7. The number of carbonyl (C=O) groups is 7.